The Labute approximate surface area is 150 Å². The molecule has 3 rings (SSSR count). The summed E-state index contributed by atoms with van der Waals surface area (Å²) in [5.74, 6) is 1.22. The Kier molecular flexibility index (Phi) is 5.64. The molecule has 1 aromatic rings. The van der Waals surface area contributed by atoms with Gasteiger partial charge in [0.25, 0.3) is 0 Å². The minimum Gasteiger partial charge on any atom is -0.490 e. The number of fused-ring (bicyclic) bond motifs is 1. The molecule has 0 saturated carbocycles. The number of hydrogen-bond donors (Lipinski definition) is 2. The summed E-state index contributed by atoms with van der Waals surface area (Å²) in [5, 5.41) is 6.74. The predicted molar refractivity (Wildman–Crippen MR) is 97.9 cm³/mol. The molecule has 2 heterocycles. The van der Waals surface area contributed by atoms with Crippen molar-refractivity contribution in [2.24, 2.45) is 5.92 Å². The van der Waals surface area contributed by atoms with Gasteiger partial charge in [-0.15, -0.1) is 0 Å². The Morgan fingerprint density at radius 1 is 1.20 bits per heavy atom. The molecule has 5 heteroatoms. The molecule has 0 unspecified atom stereocenters. The van der Waals surface area contributed by atoms with Gasteiger partial charge in [0.05, 0.1) is 12.1 Å². The van der Waals surface area contributed by atoms with Crippen LogP contribution in [0.1, 0.15) is 49.4 Å². The summed E-state index contributed by atoms with van der Waals surface area (Å²) in [7, 11) is 0. The summed E-state index contributed by atoms with van der Waals surface area (Å²) in [5.41, 5.74) is 3.46. The number of benzene rings is 1. The van der Waals surface area contributed by atoms with Crippen LogP contribution in [0.3, 0.4) is 0 Å². The molecular weight excluding hydrogens is 316 g/mol. The highest BCUT2D eigenvalue weighted by Crippen LogP contribution is 2.36. The van der Waals surface area contributed by atoms with E-state index in [1.165, 1.54) is 5.56 Å². The number of amides is 1. The zero-order chi connectivity index (χ0) is 18.0. The summed E-state index contributed by atoms with van der Waals surface area (Å²) >= 11 is 0. The van der Waals surface area contributed by atoms with E-state index in [2.05, 4.69) is 50.5 Å². The first-order valence-corrected chi connectivity index (χ1v) is 9.34. The summed E-state index contributed by atoms with van der Waals surface area (Å²) in [6, 6.07) is 4.26. The summed E-state index contributed by atoms with van der Waals surface area (Å²) in [4.78, 5) is 12.9. The van der Waals surface area contributed by atoms with Crippen LogP contribution in [-0.2, 0) is 9.53 Å². The van der Waals surface area contributed by atoms with Crippen LogP contribution in [0, 0.1) is 19.8 Å². The maximum atomic E-state index is 12.9. The Bertz CT molecular complexity index is 624. The van der Waals surface area contributed by atoms with Gasteiger partial charge in [0.15, 0.2) is 0 Å². The number of aryl methyl sites for hydroxylation is 1. The molecule has 1 saturated heterocycles. The molecule has 0 radical (unpaired) electrons. The lowest BCUT2D eigenvalue weighted by Crippen LogP contribution is -2.53. The summed E-state index contributed by atoms with van der Waals surface area (Å²) < 4.78 is 11.3. The fraction of sp³-hybridized carbons (Fsp3) is 0.650. The molecule has 0 bridgehead atoms. The normalized spacial score (nSPS) is 21.7. The van der Waals surface area contributed by atoms with Crippen molar-refractivity contribution in [1.82, 2.24) is 10.6 Å². The first kappa shape index (κ1) is 18.2. The van der Waals surface area contributed by atoms with Gasteiger partial charge in [-0.2, -0.15) is 0 Å². The van der Waals surface area contributed by atoms with Crippen LogP contribution >= 0.6 is 0 Å². The highest BCUT2D eigenvalue weighted by Gasteiger charge is 2.32. The number of carbonyl (C=O) groups excluding carboxylic acids is 1. The molecule has 0 spiro atoms. The van der Waals surface area contributed by atoms with Crippen LogP contribution in [0.5, 0.6) is 5.75 Å². The number of hydrogen-bond acceptors (Lipinski definition) is 4. The fourth-order valence-corrected chi connectivity index (χ4v) is 3.60. The molecule has 25 heavy (non-hydrogen) atoms. The van der Waals surface area contributed by atoms with Gasteiger partial charge in [-0.25, -0.2) is 0 Å². The van der Waals surface area contributed by atoms with Crippen molar-refractivity contribution < 1.29 is 14.3 Å². The van der Waals surface area contributed by atoms with Crippen LogP contribution in [-0.4, -0.2) is 37.8 Å². The topological polar surface area (TPSA) is 59.6 Å². The van der Waals surface area contributed by atoms with Crippen LogP contribution in [0.25, 0.3) is 0 Å². The van der Waals surface area contributed by atoms with Crippen molar-refractivity contribution in [3.63, 3.8) is 0 Å². The van der Waals surface area contributed by atoms with Crippen LogP contribution in [0.2, 0.25) is 0 Å². The quantitative estimate of drug-likeness (QED) is 0.860. The Morgan fingerprint density at radius 3 is 2.60 bits per heavy atom. The van der Waals surface area contributed by atoms with Gasteiger partial charge in [-0.05, 0) is 43.7 Å². The van der Waals surface area contributed by atoms with Gasteiger partial charge in [0.1, 0.15) is 12.4 Å². The number of carbonyl (C=O) groups is 1. The van der Waals surface area contributed by atoms with E-state index in [-0.39, 0.29) is 23.9 Å². The first-order chi connectivity index (χ1) is 12.0. The van der Waals surface area contributed by atoms with E-state index in [9.17, 15) is 4.79 Å². The molecule has 2 atom stereocenters. The van der Waals surface area contributed by atoms with E-state index in [0.29, 0.717) is 12.6 Å². The van der Waals surface area contributed by atoms with E-state index in [4.69, 9.17) is 9.47 Å². The molecule has 2 aliphatic heterocycles. The zero-order valence-corrected chi connectivity index (χ0v) is 15.7. The average Bonchev–Trinajstić information content (AvgIpc) is 3.00. The minimum atomic E-state index is -0.196. The maximum absolute atomic E-state index is 12.9. The summed E-state index contributed by atoms with van der Waals surface area (Å²) in [6.45, 7) is 10.4. The van der Waals surface area contributed by atoms with Gasteiger partial charge < -0.3 is 20.1 Å². The van der Waals surface area contributed by atoms with Gasteiger partial charge in [0.2, 0.25) is 5.91 Å². The van der Waals surface area contributed by atoms with Crippen LogP contribution in [0.4, 0.5) is 0 Å². The van der Waals surface area contributed by atoms with Crippen molar-refractivity contribution >= 4 is 5.91 Å². The molecule has 0 aromatic heterocycles. The standard InChI is InChI=1S/C20H30N2O3/c1-12(2)18(21-15-7-9-24-10-8-15)20(23)22-17-11-25-19-14(4)13(3)5-6-16(17)19/h5-6,12,15,17-18,21H,7-11H2,1-4H3,(H,22,23)/t17-,18-/m1/s1. The second-order valence-electron chi connectivity index (χ2n) is 7.57. The third-order valence-corrected chi connectivity index (χ3v) is 5.38. The molecule has 5 nitrogen and oxygen atoms in total. The highest BCUT2D eigenvalue weighted by molar-refractivity contribution is 5.82. The van der Waals surface area contributed by atoms with Gasteiger partial charge in [0, 0.05) is 24.8 Å². The van der Waals surface area contributed by atoms with Crippen LogP contribution in [0.15, 0.2) is 12.1 Å². The van der Waals surface area contributed by atoms with Gasteiger partial charge >= 0.3 is 0 Å². The Hall–Kier alpha value is -1.59. The largest absolute Gasteiger partial charge is 0.490 e. The molecule has 1 amide bonds. The van der Waals surface area contributed by atoms with Crippen LogP contribution < -0.4 is 15.4 Å². The number of ether oxygens (including phenoxy) is 2. The predicted octanol–water partition coefficient (Wildman–Crippen LogP) is 2.65. The van der Waals surface area contributed by atoms with Crippen molar-refractivity contribution in [1.29, 1.82) is 0 Å². The molecule has 138 valence electrons. The van der Waals surface area contributed by atoms with E-state index in [0.717, 1.165) is 42.9 Å². The summed E-state index contributed by atoms with van der Waals surface area (Å²) in [6.07, 6.45) is 1.93. The lowest BCUT2D eigenvalue weighted by Gasteiger charge is -2.30. The zero-order valence-electron chi connectivity index (χ0n) is 15.7. The average molecular weight is 346 g/mol. The smallest absolute Gasteiger partial charge is 0.238 e. The number of rotatable bonds is 5. The Balaban J connectivity index is 1.67. The molecule has 2 aliphatic rings. The molecule has 1 fully saturated rings. The molecule has 0 aliphatic carbocycles. The second-order valence-corrected chi connectivity index (χ2v) is 7.57. The first-order valence-electron chi connectivity index (χ1n) is 9.34. The van der Waals surface area contributed by atoms with E-state index in [1.807, 2.05) is 0 Å². The lowest BCUT2D eigenvalue weighted by atomic mass is 9.98. The van der Waals surface area contributed by atoms with E-state index in [1.54, 1.807) is 0 Å². The van der Waals surface area contributed by atoms with E-state index >= 15 is 0 Å². The second kappa shape index (κ2) is 7.75. The Morgan fingerprint density at radius 2 is 1.92 bits per heavy atom. The number of nitrogens with one attached hydrogen (secondary N) is 2. The van der Waals surface area contributed by atoms with Crippen molar-refractivity contribution in [3.05, 3.63) is 28.8 Å². The molecular formula is C20H30N2O3. The third kappa shape index (κ3) is 3.98. The van der Waals surface area contributed by atoms with Crippen molar-refractivity contribution in [3.8, 4) is 5.75 Å². The maximum Gasteiger partial charge on any atom is 0.238 e. The fourth-order valence-electron chi connectivity index (χ4n) is 3.60. The van der Waals surface area contributed by atoms with E-state index < -0.39 is 0 Å². The minimum absolute atomic E-state index is 0.0566. The van der Waals surface area contributed by atoms with Gasteiger partial charge in [-0.1, -0.05) is 26.0 Å². The molecule has 1 aromatic carbocycles. The SMILES string of the molecule is Cc1ccc2c(c1C)OC[C@H]2NC(=O)[C@H](NC1CCOCC1)C(C)C. The third-order valence-electron chi connectivity index (χ3n) is 5.38. The monoisotopic (exact) mass is 346 g/mol. The highest BCUT2D eigenvalue weighted by atomic mass is 16.5. The van der Waals surface area contributed by atoms with Crippen molar-refractivity contribution in [2.45, 2.75) is 58.7 Å². The molecule has 2 N–H and O–H groups in total. The van der Waals surface area contributed by atoms with Gasteiger partial charge in [-0.3, -0.25) is 4.79 Å². The lowest BCUT2D eigenvalue weighted by molar-refractivity contribution is -0.125. The van der Waals surface area contributed by atoms with Crippen molar-refractivity contribution in [2.75, 3.05) is 19.8 Å².